The topological polar surface area (TPSA) is 0 Å². The van der Waals surface area contributed by atoms with Gasteiger partial charge in [-0.15, -0.1) is 74.4 Å². The van der Waals surface area contributed by atoms with Crippen molar-refractivity contribution in [1.29, 1.82) is 0 Å². The van der Waals surface area contributed by atoms with Crippen LogP contribution in [0.5, 0.6) is 0 Å². The monoisotopic (exact) mass is 264 g/mol. The molecule has 0 nitrogen and oxygen atoms in total. The summed E-state index contributed by atoms with van der Waals surface area (Å²) in [5, 5.41) is 0. The third-order valence-electron chi connectivity index (χ3n) is 0. The van der Waals surface area contributed by atoms with Crippen LogP contribution in [0.1, 0.15) is 0 Å². The maximum Gasteiger partial charge on any atom is 0 e. The molecule has 0 aliphatic carbocycles. The molecule has 0 aromatic heterocycles. The van der Waals surface area contributed by atoms with E-state index in [1.54, 1.807) is 0 Å². The molecule has 7 heavy (non-hydrogen) atoms. The van der Waals surface area contributed by atoms with Gasteiger partial charge in [-0.2, -0.15) is 0 Å². The predicted molar refractivity (Wildman–Crippen MR) is 43.5 cm³/mol. The van der Waals surface area contributed by atoms with Crippen molar-refractivity contribution in [3.63, 3.8) is 0 Å². The summed E-state index contributed by atoms with van der Waals surface area (Å²) in [6.07, 6.45) is 0. The van der Waals surface area contributed by atoms with Gasteiger partial charge in [-0.3, -0.25) is 0 Å². The largest absolute Gasteiger partial charge is 0.147 e. The Labute approximate surface area is 95.3 Å². The first-order chi connectivity index (χ1) is 0. The van der Waals surface area contributed by atoms with Gasteiger partial charge in [-0.1, -0.05) is 0 Å². The number of halogens is 6. The number of hydrogen-bond donors (Lipinski definition) is 0. The Balaban J connectivity index is 0. The van der Waals surface area contributed by atoms with Gasteiger partial charge in [-0.25, -0.2) is 0 Å². The molecule has 0 saturated heterocycles. The van der Waals surface area contributed by atoms with E-state index in [1.165, 1.54) is 0 Å². The van der Waals surface area contributed by atoms with Crippen molar-refractivity contribution in [2.24, 2.45) is 0 Å². The van der Waals surface area contributed by atoms with Crippen molar-refractivity contribution in [2.45, 2.75) is 0 Å². The van der Waals surface area contributed by atoms with Crippen molar-refractivity contribution >= 4 is 74.4 Å². The molecule has 0 fully saturated rings. The number of hydrogen-bond acceptors (Lipinski definition) is 0. The van der Waals surface area contributed by atoms with E-state index in [-0.39, 0.29) is 96.2 Å². The second-order valence-corrected chi connectivity index (χ2v) is 0. The van der Waals surface area contributed by atoms with E-state index < -0.39 is 0 Å². The molecule has 0 heterocycles. The van der Waals surface area contributed by atoms with Gasteiger partial charge < -0.3 is 0 Å². The van der Waals surface area contributed by atoms with Gasteiger partial charge in [0.15, 0.2) is 0 Å². The summed E-state index contributed by atoms with van der Waals surface area (Å²) in [4.78, 5) is 0. The van der Waals surface area contributed by atoms with Crippen LogP contribution in [0, 0.1) is 0 Å². The summed E-state index contributed by atoms with van der Waals surface area (Å²) >= 11 is 0. The Morgan fingerprint density at radius 2 is 0.286 bits per heavy atom. The summed E-state index contributed by atoms with van der Waals surface area (Å²) in [5.74, 6) is 0. The maximum atomic E-state index is 0. The van der Waals surface area contributed by atoms with Crippen molar-refractivity contribution in [3.8, 4) is 0 Å². The molecule has 0 aromatic rings. The molecule has 0 amide bonds. The quantitative estimate of drug-likeness (QED) is 0.591. The molecule has 52 valence electrons. The van der Waals surface area contributed by atoms with Gasteiger partial charge in [0, 0.05) is 21.7 Å². The van der Waals surface area contributed by atoms with Crippen LogP contribution in [0.25, 0.3) is 0 Å². The number of rotatable bonds is 0. The average molecular weight is 267 g/mol. The second-order valence-electron chi connectivity index (χ2n) is 0. The summed E-state index contributed by atoms with van der Waals surface area (Å²) in [6.45, 7) is 0. The Morgan fingerprint density at radius 1 is 0.286 bits per heavy atom. The molecule has 0 spiro atoms. The van der Waals surface area contributed by atoms with Crippen LogP contribution in [0.4, 0.5) is 0 Å². The zero-order chi connectivity index (χ0) is 0. The van der Waals surface area contributed by atoms with E-state index in [0.717, 1.165) is 0 Å². The molecule has 0 N–H and O–H groups in total. The van der Waals surface area contributed by atoms with Gasteiger partial charge in [0.25, 0.3) is 0 Å². The van der Waals surface area contributed by atoms with Gasteiger partial charge >= 0.3 is 0 Å². The third-order valence-corrected chi connectivity index (χ3v) is 0. The van der Waals surface area contributed by atoms with E-state index in [2.05, 4.69) is 0 Å². The van der Waals surface area contributed by atoms with Crippen LogP contribution in [-0.4, -0.2) is 0 Å². The first-order valence-electron chi connectivity index (χ1n) is 0. The van der Waals surface area contributed by atoms with E-state index in [9.17, 15) is 0 Å². The molecule has 7 heteroatoms. The standard InChI is InChI=1S/6ClH.Ti/h6*1H;. The van der Waals surface area contributed by atoms with Crippen LogP contribution in [0.3, 0.4) is 0 Å². The van der Waals surface area contributed by atoms with Crippen LogP contribution >= 0.6 is 74.4 Å². The summed E-state index contributed by atoms with van der Waals surface area (Å²) in [5.41, 5.74) is 0. The fourth-order valence-corrected chi connectivity index (χ4v) is 0. The van der Waals surface area contributed by atoms with Gasteiger partial charge in [-0.05, 0) is 0 Å². The smallest absolute Gasteiger partial charge is 0 e. The van der Waals surface area contributed by atoms with Crippen LogP contribution in [0.2, 0.25) is 0 Å². The normalized spacial score (nSPS) is 0. The summed E-state index contributed by atoms with van der Waals surface area (Å²) in [6, 6.07) is 0. The molecule has 0 aliphatic rings. The minimum absolute atomic E-state index is 0. The third kappa shape index (κ3) is 58.5. The minimum atomic E-state index is 0. The van der Waals surface area contributed by atoms with E-state index in [1.807, 2.05) is 0 Å². The summed E-state index contributed by atoms with van der Waals surface area (Å²) in [7, 11) is 0. The molecule has 0 rings (SSSR count). The minimum Gasteiger partial charge on any atom is -0.147 e. The van der Waals surface area contributed by atoms with E-state index in [0.29, 0.717) is 0 Å². The Hall–Kier alpha value is 2.45. The van der Waals surface area contributed by atoms with Crippen LogP contribution in [0.15, 0.2) is 0 Å². The molecule has 0 bridgehead atoms. The molecule has 0 aromatic carbocycles. The first kappa shape index (κ1) is 112. The van der Waals surface area contributed by atoms with Crippen molar-refractivity contribution in [1.82, 2.24) is 0 Å². The SMILES string of the molecule is Cl.Cl.Cl.Cl.Cl.Cl.[Ti]. The second kappa shape index (κ2) is 78.0. The van der Waals surface area contributed by atoms with Crippen molar-refractivity contribution in [3.05, 3.63) is 0 Å². The fraction of sp³-hybridized carbons (Fsp3) is 0. The van der Waals surface area contributed by atoms with E-state index in [4.69, 9.17) is 0 Å². The van der Waals surface area contributed by atoms with Gasteiger partial charge in [0.05, 0.1) is 0 Å². The predicted octanol–water partition coefficient (Wildman–Crippen LogP) is 2.53. The molecule has 0 atom stereocenters. The summed E-state index contributed by atoms with van der Waals surface area (Å²) < 4.78 is 0. The average Bonchev–Trinajstić information content (AvgIpc) is 0. The molecule has 0 saturated carbocycles. The Morgan fingerprint density at radius 3 is 0.286 bits per heavy atom. The van der Waals surface area contributed by atoms with Crippen molar-refractivity contribution < 1.29 is 21.7 Å². The zero-order valence-corrected chi connectivity index (χ0v) is 9.41. The van der Waals surface area contributed by atoms with Crippen LogP contribution in [-0.2, 0) is 21.7 Å². The van der Waals surface area contributed by atoms with Crippen LogP contribution < -0.4 is 0 Å². The Bertz CT molecular complexity index is 4.14. The molecule has 0 aliphatic heterocycles. The fourth-order valence-electron chi connectivity index (χ4n) is 0. The molecular weight excluding hydrogens is 261 g/mol. The first-order valence-corrected chi connectivity index (χ1v) is 0. The van der Waals surface area contributed by atoms with E-state index >= 15 is 0 Å². The molecule has 0 unspecified atom stereocenters. The maximum absolute atomic E-state index is 0. The zero-order valence-electron chi connectivity index (χ0n) is 2.95. The Kier molecular flexibility index (Phi) is 1250. The van der Waals surface area contributed by atoms with Gasteiger partial charge in [0.2, 0.25) is 0 Å². The van der Waals surface area contributed by atoms with Gasteiger partial charge in [0.1, 0.15) is 0 Å². The molecular formula is H6Cl6Ti. The molecule has 0 radical (unpaired) electrons. The van der Waals surface area contributed by atoms with Crippen molar-refractivity contribution in [2.75, 3.05) is 0 Å².